The fraction of sp³-hybridized carbons (Fsp3) is 0.294. The van der Waals surface area contributed by atoms with Gasteiger partial charge in [0.05, 0.1) is 0 Å². The molecular formula is C17H17F2N. The normalized spacial score (nSPS) is 15.2. The van der Waals surface area contributed by atoms with Crippen LogP contribution in [0.5, 0.6) is 0 Å². The number of benzene rings is 2. The van der Waals surface area contributed by atoms with Crippen LogP contribution in [0.2, 0.25) is 0 Å². The van der Waals surface area contributed by atoms with Gasteiger partial charge in [-0.05, 0) is 60.1 Å². The molecule has 0 heterocycles. The Labute approximate surface area is 117 Å². The van der Waals surface area contributed by atoms with Gasteiger partial charge >= 0.3 is 0 Å². The predicted molar refractivity (Wildman–Crippen MR) is 75.5 cm³/mol. The monoisotopic (exact) mass is 273 g/mol. The second kappa shape index (κ2) is 5.33. The highest BCUT2D eigenvalue weighted by molar-refractivity contribution is 5.37. The summed E-state index contributed by atoms with van der Waals surface area (Å²) in [5.41, 5.74) is 10.8. The quantitative estimate of drug-likeness (QED) is 0.906. The molecule has 2 N–H and O–H groups in total. The summed E-state index contributed by atoms with van der Waals surface area (Å²) in [6.07, 6.45) is 3.97. The minimum Gasteiger partial charge on any atom is -0.324 e. The van der Waals surface area contributed by atoms with Gasteiger partial charge in [-0.1, -0.05) is 24.3 Å². The largest absolute Gasteiger partial charge is 0.324 e. The van der Waals surface area contributed by atoms with Crippen LogP contribution >= 0.6 is 0 Å². The molecule has 0 amide bonds. The van der Waals surface area contributed by atoms with Gasteiger partial charge in [0, 0.05) is 6.04 Å². The SMILES string of the molecule is NC(Cc1ccc(F)c(F)c1)c1ccc2c(c1)CCC2. The number of hydrogen-bond acceptors (Lipinski definition) is 1. The number of halogens is 2. The van der Waals surface area contributed by atoms with E-state index in [1.54, 1.807) is 6.07 Å². The molecule has 0 aliphatic heterocycles. The van der Waals surface area contributed by atoms with Crippen LogP contribution in [0.3, 0.4) is 0 Å². The van der Waals surface area contributed by atoms with E-state index in [4.69, 9.17) is 5.73 Å². The molecule has 0 bridgehead atoms. The van der Waals surface area contributed by atoms with Crippen molar-refractivity contribution in [2.24, 2.45) is 5.73 Å². The maximum atomic E-state index is 13.2. The van der Waals surface area contributed by atoms with Gasteiger partial charge in [-0.15, -0.1) is 0 Å². The zero-order valence-electron chi connectivity index (χ0n) is 11.2. The Kier molecular flexibility index (Phi) is 3.53. The third-order valence-electron chi connectivity index (χ3n) is 3.99. The van der Waals surface area contributed by atoms with Gasteiger partial charge in [0.15, 0.2) is 11.6 Å². The highest BCUT2D eigenvalue weighted by Crippen LogP contribution is 2.26. The lowest BCUT2D eigenvalue weighted by Crippen LogP contribution is -2.14. The minimum atomic E-state index is -0.820. The Morgan fingerprint density at radius 3 is 2.55 bits per heavy atom. The number of nitrogens with two attached hydrogens (primary N) is 1. The highest BCUT2D eigenvalue weighted by atomic mass is 19.2. The highest BCUT2D eigenvalue weighted by Gasteiger charge is 2.14. The summed E-state index contributed by atoms with van der Waals surface area (Å²) in [5.74, 6) is -1.64. The van der Waals surface area contributed by atoms with Crippen molar-refractivity contribution in [3.8, 4) is 0 Å². The molecular weight excluding hydrogens is 256 g/mol. The average molecular weight is 273 g/mol. The Morgan fingerprint density at radius 1 is 0.950 bits per heavy atom. The molecule has 0 radical (unpaired) electrons. The van der Waals surface area contributed by atoms with Crippen LogP contribution in [0, 0.1) is 11.6 Å². The maximum absolute atomic E-state index is 13.2. The van der Waals surface area contributed by atoms with E-state index in [9.17, 15) is 8.78 Å². The van der Waals surface area contributed by atoms with Crippen LogP contribution in [0.25, 0.3) is 0 Å². The number of aryl methyl sites for hydroxylation is 2. The van der Waals surface area contributed by atoms with Gasteiger partial charge in [0.1, 0.15) is 0 Å². The lowest BCUT2D eigenvalue weighted by atomic mass is 9.96. The lowest BCUT2D eigenvalue weighted by molar-refractivity contribution is 0.506. The first-order valence-corrected chi connectivity index (χ1v) is 6.94. The van der Waals surface area contributed by atoms with Gasteiger partial charge in [-0.25, -0.2) is 8.78 Å². The van der Waals surface area contributed by atoms with Gasteiger partial charge < -0.3 is 5.73 Å². The minimum absolute atomic E-state index is 0.189. The van der Waals surface area contributed by atoms with Crippen LogP contribution in [0.15, 0.2) is 36.4 Å². The van der Waals surface area contributed by atoms with Crippen LogP contribution in [-0.4, -0.2) is 0 Å². The van der Waals surface area contributed by atoms with E-state index in [0.717, 1.165) is 30.0 Å². The molecule has 0 saturated heterocycles. The Morgan fingerprint density at radius 2 is 1.75 bits per heavy atom. The predicted octanol–water partition coefficient (Wildman–Crippen LogP) is 3.70. The molecule has 20 heavy (non-hydrogen) atoms. The van der Waals surface area contributed by atoms with E-state index in [1.807, 2.05) is 0 Å². The summed E-state index contributed by atoms with van der Waals surface area (Å²) in [7, 11) is 0. The second-order valence-corrected chi connectivity index (χ2v) is 5.44. The van der Waals surface area contributed by atoms with Crippen LogP contribution in [0.4, 0.5) is 8.78 Å². The van der Waals surface area contributed by atoms with E-state index in [-0.39, 0.29) is 6.04 Å². The molecule has 1 unspecified atom stereocenters. The molecule has 1 aliphatic rings. The second-order valence-electron chi connectivity index (χ2n) is 5.44. The molecule has 2 aromatic carbocycles. The summed E-state index contributed by atoms with van der Waals surface area (Å²) in [5, 5.41) is 0. The van der Waals surface area contributed by atoms with Crippen molar-refractivity contribution >= 4 is 0 Å². The third-order valence-corrected chi connectivity index (χ3v) is 3.99. The van der Waals surface area contributed by atoms with Crippen LogP contribution in [0.1, 0.15) is 34.7 Å². The summed E-state index contributed by atoms with van der Waals surface area (Å²) in [6.45, 7) is 0. The van der Waals surface area contributed by atoms with Gasteiger partial charge in [0.2, 0.25) is 0 Å². The molecule has 0 aromatic heterocycles. The van der Waals surface area contributed by atoms with Crippen LogP contribution < -0.4 is 5.73 Å². The molecule has 0 fully saturated rings. The molecule has 3 heteroatoms. The van der Waals surface area contributed by atoms with E-state index < -0.39 is 11.6 Å². The number of hydrogen-bond donors (Lipinski definition) is 1. The third kappa shape index (κ3) is 2.59. The van der Waals surface area contributed by atoms with Gasteiger partial charge in [-0.2, -0.15) is 0 Å². The molecule has 0 spiro atoms. The number of fused-ring (bicyclic) bond motifs is 1. The molecule has 2 aromatic rings. The first-order chi connectivity index (χ1) is 9.63. The Bertz CT molecular complexity index is 637. The van der Waals surface area contributed by atoms with Crippen molar-refractivity contribution in [1.82, 2.24) is 0 Å². The smallest absolute Gasteiger partial charge is 0.159 e. The maximum Gasteiger partial charge on any atom is 0.159 e. The zero-order valence-corrected chi connectivity index (χ0v) is 11.2. The van der Waals surface area contributed by atoms with Crippen molar-refractivity contribution in [1.29, 1.82) is 0 Å². The van der Waals surface area contributed by atoms with E-state index >= 15 is 0 Å². The van der Waals surface area contributed by atoms with Gasteiger partial charge in [0.25, 0.3) is 0 Å². The summed E-state index contributed by atoms with van der Waals surface area (Å²) in [6, 6.07) is 10.1. The molecule has 1 atom stereocenters. The zero-order chi connectivity index (χ0) is 14.1. The summed E-state index contributed by atoms with van der Waals surface area (Å²) in [4.78, 5) is 0. The molecule has 1 aliphatic carbocycles. The Hall–Kier alpha value is -1.74. The van der Waals surface area contributed by atoms with E-state index in [2.05, 4.69) is 18.2 Å². The van der Waals surface area contributed by atoms with Crippen LogP contribution in [-0.2, 0) is 19.3 Å². The van der Waals surface area contributed by atoms with Crippen molar-refractivity contribution in [3.63, 3.8) is 0 Å². The van der Waals surface area contributed by atoms with Crippen molar-refractivity contribution in [3.05, 3.63) is 70.3 Å². The summed E-state index contributed by atoms with van der Waals surface area (Å²) < 4.78 is 26.1. The average Bonchev–Trinajstić information content (AvgIpc) is 2.90. The summed E-state index contributed by atoms with van der Waals surface area (Å²) >= 11 is 0. The molecule has 0 saturated carbocycles. The fourth-order valence-corrected chi connectivity index (χ4v) is 2.86. The van der Waals surface area contributed by atoms with Crippen molar-refractivity contribution in [2.45, 2.75) is 31.7 Å². The van der Waals surface area contributed by atoms with E-state index in [1.165, 1.54) is 23.6 Å². The van der Waals surface area contributed by atoms with Crippen molar-refractivity contribution < 1.29 is 8.78 Å². The van der Waals surface area contributed by atoms with Crippen molar-refractivity contribution in [2.75, 3.05) is 0 Å². The molecule has 1 nitrogen and oxygen atoms in total. The number of rotatable bonds is 3. The Balaban J connectivity index is 1.78. The first-order valence-electron chi connectivity index (χ1n) is 6.94. The topological polar surface area (TPSA) is 26.0 Å². The lowest BCUT2D eigenvalue weighted by Gasteiger charge is -2.14. The van der Waals surface area contributed by atoms with Gasteiger partial charge in [-0.3, -0.25) is 0 Å². The van der Waals surface area contributed by atoms with E-state index in [0.29, 0.717) is 6.42 Å². The fourth-order valence-electron chi connectivity index (χ4n) is 2.86. The molecule has 3 rings (SSSR count). The first kappa shape index (κ1) is 13.3. The molecule has 104 valence electrons. The standard InChI is InChI=1S/C17H17F2N/c18-15-7-4-11(8-16(15)19)9-17(20)14-6-5-12-2-1-3-13(12)10-14/h4-8,10,17H,1-3,9,20H2.